The van der Waals surface area contributed by atoms with Gasteiger partial charge < -0.3 is 4.90 Å². The molecule has 0 aliphatic carbocycles. The molecule has 1 amide bonds. The molecule has 24 heavy (non-hydrogen) atoms. The molecule has 0 fully saturated rings. The van der Waals surface area contributed by atoms with Crippen LogP contribution in [-0.2, 0) is 0 Å². The van der Waals surface area contributed by atoms with Crippen molar-refractivity contribution in [1.29, 1.82) is 0 Å². The fourth-order valence-corrected chi connectivity index (χ4v) is 3.14. The van der Waals surface area contributed by atoms with E-state index in [9.17, 15) is 4.79 Å². The maximum Gasteiger partial charge on any atom is 0.256 e. The molecule has 0 radical (unpaired) electrons. The Morgan fingerprint density at radius 1 is 1.21 bits per heavy atom. The van der Waals surface area contributed by atoms with Gasteiger partial charge in [0.2, 0.25) is 0 Å². The van der Waals surface area contributed by atoms with Crippen LogP contribution in [0.5, 0.6) is 0 Å². The maximum atomic E-state index is 12.6. The van der Waals surface area contributed by atoms with Crippen LogP contribution in [0.2, 0.25) is 5.02 Å². The Balaban J connectivity index is 2.17. The Bertz CT molecular complexity index is 885. The van der Waals surface area contributed by atoms with Gasteiger partial charge in [0.15, 0.2) is 5.65 Å². The first-order valence-corrected chi connectivity index (χ1v) is 8.34. The van der Waals surface area contributed by atoms with E-state index in [0.29, 0.717) is 29.3 Å². The van der Waals surface area contributed by atoms with E-state index in [0.717, 1.165) is 16.8 Å². The van der Waals surface area contributed by atoms with Crippen LogP contribution in [0.4, 0.5) is 0 Å². The summed E-state index contributed by atoms with van der Waals surface area (Å²) >= 11 is 6.56. The molecule has 5 nitrogen and oxygen atoms in total. The molecular formula is C18H19ClN4O. The van der Waals surface area contributed by atoms with Crippen molar-refractivity contribution >= 4 is 28.5 Å². The number of nitrogens with zero attached hydrogens (tertiary/aromatic N) is 4. The van der Waals surface area contributed by atoms with Gasteiger partial charge in [-0.3, -0.25) is 4.79 Å². The third kappa shape index (κ3) is 2.65. The van der Waals surface area contributed by atoms with E-state index in [4.69, 9.17) is 11.6 Å². The topological polar surface area (TPSA) is 51.0 Å². The number of fused-ring (bicyclic) bond motifs is 1. The standard InChI is InChI=1S/C18H19ClN4O/c1-4-22(5-2)18(24)14-11-20-17-15(16(14)19)12(3)21-23(17)13-9-7-6-8-10-13/h6-11H,4-5H2,1-3H3. The molecule has 2 heterocycles. The number of halogens is 1. The molecule has 0 unspecified atom stereocenters. The molecule has 6 heteroatoms. The Morgan fingerprint density at radius 2 is 1.88 bits per heavy atom. The third-order valence-electron chi connectivity index (χ3n) is 4.09. The summed E-state index contributed by atoms with van der Waals surface area (Å²) in [5.74, 6) is -0.105. The fraction of sp³-hybridized carbons (Fsp3) is 0.278. The zero-order chi connectivity index (χ0) is 17.3. The van der Waals surface area contributed by atoms with Gasteiger partial charge in [0.25, 0.3) is 5.91 Å². The van der Waals surface area contributed by atoms with Gasteiger partial charge in [-0.25, -0.2) is 9.67 Å². The van der Waals surface area contributed by atoms with Crippen LogP contribution < -0.4 is 0 Å². The number of para-hydroxylation sites is 1. The summed E-state index contributed by atoms with van der Waals surface area (Å²) in [6, 6.07) is 9.74. The minimum Gasteiger partial charge on any atom is -0.339 e. The van der Waals surface area contributed by atoms with Crippen LogP contribution in [0.3, 0.4) is 0 Å². The number of hydrogen-bond acceptors (Lipinski definition) is 3. The van der Waals surface area contributed by atoms with E-state index in [2.05, 4.69) is 10.1 Å². The van der Waals surface area contributed by atoms with Crippen molar-refractivity contribution in [2.24, 2.45) is 0 Å². The highest BCUT2D eigenvalue weighted by Gasteiger charge is 2.22. The Labute approximate surface area is 145 Å². The SMILES string of the molecule is CCN(CC)C(=O)c1cnc2c(c(C)nn2-c2ccccc2)c1Cl. The number of amides is 1. The predicted molar refractivity (Wildman–Crippen MR) is 95.9 cm³/mol. The van der Waals surface area contributed by atoms with Gasteiger partial charge in [0.1, 0.15) is 0 Å². The average molecular weight is 343 g/mol. The minimum absolute atomic E-state index is 0.105. The molecule has 0 bridgehead atoms. The number of pyridine rings is 1. The van der Waals surface area contributed by atoms with Crippen LogP contribution in [0.25, 0.3) is 16.7 Å². The predicted octanol–water partition coefficient (Wildman–Crippen LogP) is 3.86. The largest absolute Gasteiger partial charge is 0.339 e. The van der Waals surface area contributed by atoms with E-state index < -0.39 is 0 Å². The quantitative estimate of drug-likeness (QED) is 0.723. The van der Waals surface area contributed by atoms with Gasteiger partial charge in [0.05, 0.1) is 27.4 Å². The second-order valence-electron chi connectivity index (χ2n) is 5.49. The van der Waals surface area contributed by atoms with Crippen molar-refractivity contribution in [2.75, 3.05) is 13.1 Å². The Kier molecular flexibility index (Phi) is 4.53. The van der Waals surface area contributed by atoms with Gasteiger partial charge in [-0.1, -0.05) is 29.8 Å². The average Bonchev–Trinajstić information content (AvgIpc) is 2.94. The first kappa shape index (κ1) is 16.5. The summed E-state index contributed by atoms with van der Waals surface area (Å²) in [6.07, 6.45) is 1.55. The monoisotopic (exact) mass is 342 g/mol. The van der Waals surface area contributed by atoms with Crippen LogP contribution in [-0.4, -0.2) is 38.7 Å². The summed E-state index contributed by atoms with van der Waals surface area (Å²) in [4.78, 5) is 18.8. The first-order valence-electron chi connectivity index (χ1n) is 7.97. The molecular weight excluding hydrogens is 324 g/mol. The molecule has 0 saturated carbocycles. The van der Waals surface area contributed by atoms with E-state index in [1.807, 2.05) is 51.1 Å². The highest BCUT2D eigenvalue weighted by Crippen LogP contribution is 2.30. The zero-order valence-corrected chi connectivity index (χ0v) is 14.7. The number of carbonyl (C=O) groups is 1. The van der Waals surface area contributed by atoms with Gasteiger partial charge in [-0.2, -0.15) is 5.10 Å². The normalized spacial score (nSPS) is 11.0. The van der Waals surface area contributed by atoms with Crippen molar-refractivity contribution in [3.05, 3.63) is 52.8 Å². The van der Waals surface area contributed by atoms with Crippen molar-refractivity contribution in [1.82, 2.24) is 19.7 Å². The lowest BCUT2D eigenvalue weighted by Gasteiger charge is -2.19. The molecule has 0 saturated heterocycles. The minimum atomic E-state index is -0.105. The molecule has 124 valence electrons. The summed E-state index contributed by atoms with van der Waals surface area (Å²) in [5, 5.41) is 5.69. The smallest absolute Gasteiger partial charge is 0.256 e. The lowest BCUT2D eigenvalue weighted by atomic mass is 10.2. The number of rotatable bonds is 4. The van der Waals surface area contributed by atoms with Crippen LogP contribution in [0.15, 0.2) is 36.5 Å². The lowest BCUT2D eigenvalue weighted by Crippen LogP contribution is -2.30. The second kappa shape index (κ2) is 6.61. The van der Waals surface area contributed by atoms with E-state index in [1.54, 1.807) is 15.8 Å². The third-order valence-corrected chi connectivity index (χ3v) is 4.48. The molecule has 0 N–H and O–H groups in total. The first-order chi connectivity index (χ1) is 11.6. The number of benzene rings is 1. The van der Waals surface area contributed by atoms with Crippen LogP contribution in [0, 0.1) is 6.92 Å². The summed E-state index contributed by atoms with van der Waals surface area (Å²) in [5.41, 5.74) is 2.73. The summed E-state index contributed by atoms with van der Waals surface area (Å²) in [6.45, 7) is 7.03. The van der Waals surface area contributed by atoms with Crippen molar-refractivity contribution in [3.63, 3.8) is 0 Å². The lowest BCUT2D eigenvalue weighted by molar-refractivity contribution is 0.0773. The molecule has 1 aromatic carbocycles. The van der Waals surface area contributed by atoms with Crippen molar-refractivity contribution < 1.29 is 4.79 Å². The van der Waals surface area contributed by atoms with Gasteiger partial charge >= 0.3 is 0 Å². The van der Waals surface area contributed by atoms with Gasteiger partial charge in [-0.05, 0) is 32.9 Å². The molecule has 3 aromatic rings. The number of aryl methyl sites for hydroxylation is 1. The molecule has 0 atom stereocenters. The number of hydrogen-bond donors (Lipinski definition) is 0. The second-order valence-corrected chi connectivity index (χ2v) is 5.87. The van der Waals surface area contributed by atoms with Crippen molar-refractivity contribution in [3.8, 4) is 5.69 Å². The fourth-order valence-electron chi connectivity index (χ4n) is 2.79. The van der Waals surface area contributed by atoms with E-state index >= 15 is 0 Å². The Morgan fingerprint density at radius 3 is 2.50 bits per heavy atom. The Hall–Kier alpha value is -2.40. The molecule has 0 aliphatic heterocycles. The molecule has 0 spiro atoms. The van der Waals surface area contributed by atoms with Gasteiger partial charge in [-0.15, -0.1) is 0 Å². The highest BCUT2D eigenvalue weighted by molar-refractivity contribution is 6.38. The van der Waals surface area contributed by atoms with Crippen LogP contribution >= 0.6 is 11.6 Å². The number of carbonyl (C=O) groups excluding carboxylic acids is 1. The molecule has 0 aliphatic rings. The molecule has 2 aromatic heterocycles. The zero-order valence-electron chi connectivity index (χ0n) is 14.0. The maximum absolute atomic E-state index is 12.6. The van der Waals surface area contributed by atoms with E-state index in [-0.39, 0.29) is 5.91 Å². The van der Waals surface area contributed by atoms with Crippen LogP contribution in [0.1, 0.15) is 29.9 Å². The summed E-state index contributed by atoms with van der Waals surface area (Å²) < 4.78 is 1.75. The van der Waals surface area contributed by atoms with Crippen molar-refractivity contribution in [2.45, 2.75) is 20.8 Å². The molecule has 3 rings (SSSR count). The summed E-state index contributed by atoms with van der Waals surface area (Å²) in [7, 11) is 0. The highest BCUT2D eigenvalue weighted by atomic mass is 35.5. The van der Waals surface area contributed by atoms with Gasteiger partial charge in [0, 0.05) is 19.3 Å². The number of aromatic nitrogens is 3. The van der Waals surface area contributed by atoms with E-state index in [1.165, 1.54) is 0 Å².